The molecule has 8 heteroatoms. The van der Waals surface area contributed by atoms with E-state index in [9.17, 15) is 4.79 Å². The Kier molecular flexibility index (Phi) is 5.23. The summed E-state index contributed by atoms with van der Waals surface area (Å²) in [5.41, 5.74) is 1.06. The Hall–Kier alpha value is -1.86. The molecule has 1 amide bonds. The van der Waals surface area contributed by atoms with Crippen molar-refractivity contribution in [3.8, 4) is 0 Å². The van der Waals surface area contributed by atoms with Crippen molar-refractivity contribution in [1.29, 1.82) is 0 Å². The second-order valence-corrected chi connectivity index (χ2v) is 8.57. The zero-order chi connectivity index (χ0) is 19.0. The van der Waals surface area contributed by atoms with Gasteiger partial charge in [-0.05, 0) is 39.7 Å². The van der Waals surface area contributed by atoms with Crippen molar-refractivity contribution in [3.05, 3.63) is 79.7 Å². The molecule has 27 heavy (non-hydrogen) atoms. The van der Waals surface area contributed by atoms with Gasteiger partial charge in [0, 0.05) is 21.3 Å². The van der Waals surface area contributed by atoms with Crippen LogP contribution in [-0.2, 0) is 6.54 Å². The molecule has 2 aromatic heterocycles. The first-order valence-electron chi connectivity index (χ1n) is 7.97. The van der Waals surface area contributed by atoms with E-state index in [1.807, 2.05) is 54.7 Å². The maximum absolute atomic E-state index is 12.7. The Balaban J connectivity index is 1.55. The van der Waals surface area contributed by atoms with Gasteiger partial charge in [-0.1, -0.05) is 53.5 Å². The van der Waals surface area contributed by atoms with E-state index < -0.39 is 0 Å². The van der Waals surface area contributed by atoms with Crippen molar-refractivity contribution in [1.82, 2.24) is 9.78 Å². The van der Waals surface area contributed by atoms with Crippen LogP contribution in [0.2, 0.25) is 10.0 Å². The molecule has 0 aliphatic heterocycles. The van der Waals surface area contributed by atoms with E-state index in [4.69, 9.17) is 23.2 Å². The zero-order valence-electron chi connectivity index (χ0n) is 13.7. The topological polar surface area (TPSA) is 46.9 Å². The summed E-state index contributed by atoms with van der Waals surface area (Å²) in [6.07, 6.45) is 1.82. The standard InChI is InChI=1S/C19H12BrCl2N3OS/c20-14-10-25(9-11-5-7-12(21)8-6-11)24-18(14)23-19(26)17-16(22)13-3-1-2-4-15(13)27-17/h1-8,10H,9H2,(H,23,24,26). The van der Waals surface area contributed by atoms with Crippen LogP contribution in [0.25, 0.3) is 10.1 Å². The third-order valence-corrected chi connectivity index (χ3v) is 6.45. The number of halogens is 3. The molecule has 0 aliphatic carbocycles. The van der Waals surface area contributed by atoms with E-state index >= 15 is 0 Å². The van der Waals surface area contributed by atoms with E-state index in [1.165, 1.54) is 11.3 Å². The molecule has 2 heterocycles. The molecule has 2 aromatic carbocycles. The maximum Gasteiger partial charge on any atom is 0.268 e. The molecule has 0 bridgehead atoms. The van der Waals surface area contributed by atoms with Gasteiger partial charge in [-0.2, -0.15) is 5.10 Å². The van der Waals surface area contributed by atoms with Crippen molar-refractivity contribution in [3.63, 3.8) is 0 Å². The minimum Gasteiger partial charge on any atom is -0.303 e. The number of nitrogens with zero attached hydrogens (tertiary/aromatic N) is 2. The molecule has 4 rings (SSSR count). The Labute approximate surface area is 177 Å². The summed E-state index contributed by atoms with van der Waals surface area (Å²) in [5.74, 6) is 0.168. The molecule has 0 unspecified atom stereocenters. The van der Waals surface area contributed by atoms with Gasteiger partial charge in [0.05, 0.1) is 16.0 Å². The second-order valence-electron chi connectivity index (χ2n) is 5.85. The van der Waals surface area contributed by atoms with Crippen molar-refractivity contribution >= 4 is 72.3 Å². The van der Waals surface area contributed by atoms with E-state index in [0.717, 1.165) is 15.6 Å². The minimum atomic E-state index is -0.279. The van der Waals surface area contributed by atoms with Gasteiger partial charge >= 0.3 is 0 Å². The molecule has 0 fully saturated rings. The van der Waals surface area contributed by atoms with Gasteiger partial charge in [-0.3, -0.25) is 9.48 Å². The van der Waals surface area contributed by atoms with Gasteiger partial charge in [-0.15, -0.1) is 11.3 Å². The highest BCUT2D eigenvalue weighted by Gasteiger charge is 2.19. The molecule has 136 valence electrons. The molecule has 0 radical (unpaired) electrons. The van der Waals surface area contributed by atoms with Crippen LogP contribution in [-0.4, -0.2) is 15.7 Å². The molecule has 0 atom stereocenters. The number of fused-ring (bicyclic) bond motifs is 1. The smallest absolute Gasteiger partial charge is 0.268 e. The van der Waals surface area contributed by atoms with Crippen LogP contribution >= 0.6 is 50.5 Å². The lowest BCUT2D eigenvalue weighted by molar-refractivity contribution is 0.103. The molecule has 0 saturated heterocycles. The first-order chi connectivity index (χ1) is 13.0. The predicted molar refractivity (Wildman–Crippen MR) is 115 cm³/mol. The fourth-order valence-corrected chi connectivity index (χ4v) is 4.62. The van der Waals surface area contributed by atoms with E-state index in [-0.39, 0.29) is 5.91 Å². The van der Waals surface area contributed by atoms with Crippen LogP contribution in [0.3, 0.4) is 0 Å². The second kappa shape index (κ2) is 7.64. The highest BCUT2D eigenvalue weighted by atomic mass is 79.9. The van der Waals surface area contributed by atoms with Gasteiger partial charge in [0.2, 0.25) is 0 Å². The summed E-state index contributed by atoms with van der Waals surface area (Å²) < 4.78 is 3.41. The number of carbonyl (C=O) groups is 1. The predicted octanol–water partition coefficient (Wildman–Crippen LogP) is 6.47. The van der Waals surface area contributed by atoms with Crippen LogP contribution < -0.4 is 5.32 Å². The molecule has 0 saturated carbocycles. The normalized spacial score (nSPS) is 11.1. The fraction of sp³-hybridized carbons (Fsp3) is 0.0526. The molecular formula is C19H12BrCl2N3OS. The highest BCUT2D eigenvalue weighted by molar-refractivity contribution is 9.10. The summed E-state index contributed by atoms with van der Waals surface area (Å²) in [6, 6.07) is 15.2. The zero-order valence-corrected chi connectivity index (χ0v) is 17.7. The minimum absolute atomic E-state index is 0.279. The first-order valence-corrected chi connectivity index (χ1v) is 10.3. The lowest BCUT2D eigenvalue weighted by Crippen LogP contribution is -2.12. The maximum atomic E-state index is 12.7. The highest BCUT2D eigenvalue weighted by Crippen LogP contribution is 2.35. The largest absolute Gasteiger partial charge is 0.303 e. The average molecular weight is 481 g/mol. The number of amides is 1. The van der Waals surface area contributed by atoms with Crippen LogP contribution in [0, 0.1) is 0 Å². The number of aromatic nitrogens is 2. The monoisotopic (exact) mass is 479 g/mol. The summed E-state index contributed by atoms with van der Waals surface area (Å²) in [6.45, 7) is 0.565. The van der Waals surface area contributed by atoms with Crippen LogP contribution in [0.15, 0.2) is 59.2 Å². The Morgan fingerprint density at radius 1 is 1.15 bits per heavy atom. The summed E-state index contributed by atoms with van der Waals surface area (Å²) in [5, 5.41) is 9.30. The van der Waals surface area contributed by atoms with Crippen molar-refractivity contribution in [2.45, 2.75) is 6.54 Å². The van der Waals surface area contributed by atoms with Crippen LogP contribution in [0.4, 0.5) is 5.82 Å². The lowest BCUT2D eigenvalue weighted by Gasteiger charge is -2.03. The number of anilines is 1. The number of benzene rings is 2. The van der Waals surface area contributed by atoms with Gasteiger partial charge in [0.1, 0.15) is 4.88 Å². The number of carbonyl (C=O) groups excluding carboxylic acids is 1. The Morgan fingerprint density at radius 3 is 2.63 bits per heavy atom. The molecule has 4 nitrogen and oxygen atoms in total. The van der Waals surface area contributed by atoms with Gasteiger partial charge < -0.3 is 5.32 Å². The van der Waals surface area contributed by atoms with Crippen molar-refractivity contribution in [2.24, 2.45) is 0 Å². The van der Waals surface area contributed by atoms with Gasteiger partial charge in [-0.25, -0.2) is 0 Å². The molecule has 0 spiro atoms. The summed E-state index contributed by atoms with van der Waals surface area (Å²) in [7, 11) is 0. The third kappa shape index (κ3) is 3.89. The number of nitrogens with one attached hydrogen (secondary N) is 1. The Morgan fingerprint density at radius 2 is 1.89 bits per heavy atom. The molecule has 1 N–H and O–H groups in total. The van der Waals surface area contributed by atoms with Crippen molar-refractivity contribution < 1.29 is 4.79 Å². The SMILES string of the molecule is O=C(Nc1nn(Cc2ccc(Cl)cc2)cc1Br)c1sc2ccccc2c1Cl. The number of thiophene rings is 1. The van der Waals surface area contributed by atoms with Crippen molar-refractivity contribution in [2.75, 3.05) is 5.32 Å². The number of hydrogen-bond acceptors (Lipinski definition) is 3. The average Bonchev–Trinajstić information content (AvgIpc) is 3.17. The fourth-order valence-electron chi connectivity index (χ4n) is 2.66. The van der Waals surface area contributed by atoms with Gasteiger partial charge in [0.25, 0.3) is 5.91 Å². The lowest BCUT2D eigenvalue weighted by atomic mass is 10.2. The van der Waals surface area contributed by atoms with E-state index in [1.54, 1.807) is 4.68 Å². The van der Waals surface area contributed by atoms with Crippen LogP contribution in [0.1, 0.15) is 15.2 Å². The van der Waals surface area contributed by atoms with E-state index in [0.29, 0.717) is 31.8 Å². The van der Waals surface area contributed by atoms with Gasteiger partial charge in [0.15, 0.2) is 5.82 Å². The summed E-state index contributed by atoms with van der Waals surface area (Å²) in [4.78, 5) is 13.2. The van der Waals surface area contributed by atoms with E-state index in [2.05, 4.69) is 26.3 Å². The third-order valence-electron chi connectivity index (χ3n) is 3.95. The molecular weight excluding hydrogens is 469 g/mol. The van der Waals surface area contributed by atoms with Crippen LogP contribution in [0.5, 0.6) is 0 Å². The summed E-state index contributed by atoms with van der Waals surface area (Å²) >= 11 is 17.1. The Bertz CT molecular complexity index is 1140. The number of rotatable bonds is 4. The quantitative estimate of drug-likeness (QED) is 0.364. The number of hydrogen-bond donors (Lipinski definition) is 1. The molecule has 0 aliphatic rings. The first kappa shape index (κ1) is 18.5. The molecule has 4 aromatic rings.